The Balaban J connectivity index is 1.12. The minimum Gasteiger partial charge on any atom is -0.343 e. The van der Waals surface area contributed by atoms with E-state index in [1.54, 1.807) is 0 Å². The molecule has 2 fully saturated rings. The summed E-state index contributed by atoms with van der Waals surface area (Å²) >= 11 is 0. The van der Waals surface area contributed by atoms with Crippen LogP contribution < -0.4 is 15.1 Å². The lowest BCUT2D eigenvalue weighted by atomic mass is 10.1. The zero-order valence-electron chi connectivity index (χ0n) is 16.8. The third-order valence-electron chi connectivity index (χ3n) is 6.46. The third kappa shape index (κ3) is 2.99. The summed E-state index contributed by atoms with van der Waals surface area (Å²) in [4.78, 5) is 32.1. The number of carbonyl (C=O) groups excluding carboxylic acids is 1. The molecule has 0 unspecified atom stereocenters. The molecule has 1 atom stereocenters. The van der Waals surface area contributed by atoms with Gasteiger partial charge in [0.1, 0.15) is 6.04 Å². The first kappa shape index (κ1) is 17.7. The van der Waals surface area contributed by atoms with E-state index < -0.39 is 0 Å². The van der Waals surface area contributed by atoms with Gasteiger partial charge in [-0.2, -0.15) is 0 Å². The van der Waals surface area contributed by atoms with E-state index in [0.717, 1.165) is 86.2 Å². The maximum absolute atomic E-state index is 12.4. The number of benzene rings is 1. The van der Waals surface area contributed by atoms with E-state index >= 15 is 0 Å². The van der Waals surface area contributed by atoms with Crippen LogP contribution in [0, 0.1) is 0 Å². The number of imidazole rings is 1. The molecule has 6 rings (SSSR count). The molecule has 3 aromatic rings. The van der Waals surface area contributed by atoms with Gasteiger partial charge in [0.15, 0.2) is 5.82 Å². The van der Waals surface area contributed by atoms with E-state index in [1.165, 1.54) is 0 Å². The van der Waals surface area contributed by atoms with Gasteiger partial charge in [-0.3, -0.25) is 9.69 Å². The second-order valence-corrected chi connectivity index (χ2v) is 8.40. The van der Waals surface area contributed by atoms with Crippen molar-refractivity contribution in [1.82, 2.24) is 19.9 Å². The number of aromatic amines is 1. The minimum absolute atomic E-state index is 0.0397. The van der Waals surface area contributed by atoms with Gasteiger partial charge in [-0.1, -0.05) is 12.1 Å². The summed E-state index contributed by atoms with van der Waals surface area (Å²) in [7, 11) is 0. The summed E-state index contributed by atoms with van der Waals surface area (Å²) in [6.07, 6.45) is 3.94. The van der Waals surface area contributed by atoms with E-state index in [-0.39, 0.29) is 11.9 Å². The maximum atomic E-state index is 12.4. The van der Waals surface area contributed by atoms with Crippen molar-refractivity contribution >= 4 is 34.4 Å². The summed E-state index contributed by atoms with van der Waals surface area (Å²) in [6.45, 7) is 5.56. The van der Waals surface area contributed by atoms with Gasteiger partial charge in [0.2, 0.25) is 11.9 Å². The molecule has 0 aliphatic carbocycles. The fourth-order valence-corrected chi connectivity index (χ4v) is 4.88. The average Bonchev–Trinajstić information content (AvgIpc) is 3.42. The first-order valence-electron chi connectivity index (χ1n) is 10.7. The van der Waals surface area contributed by atoms with Crippen molar-refractivity contribution in [1.29, 1.82) is 0 Å². The lowest BCUT2D eigenvalue weighted by molar-refractivity contribution is -0.117. The van der Waals surface area contributed by atoms with Gasteiger partial charge in [-0.05, 0) is 36.6 Å². The Kier molecular flexibility index (Phi) is 4.12. The minimum atomic E-state index is -0.0397. The Labute approximate surface area is 174 Å². The van der Waals surface area contributed by atoms with Crippen LogP contribution >= 0.6 is 0 Å². The molecule has 30 heavy (non-hydrogen) atoms. The number of para-hydroxylation sites is 2. The van der Waals surface area contributed by atoms with Crippen LogP contribution in [0.5, 0.6) is 0 Å². The highest BCUT2D eigenvalue weighted by atomic mass is 16.2. The SMILES string of the molecule is O=C1Nc2cc(CN3CCN(c4nc5ccccc5[nH]4)CC3)cnc2N2CCC[C@@H]12. The van der Waals surface area contributed by atoms with Gasteiger partial charge in [0.05, 0.1) is 16.7 Å². The molecule has 8 nitrogen and oxygen atoms in total. The molecule has 2 aromatic heterocycles. The number of amides is 1. The monoisotopic (exact) mass is 403 g/mol. The van der Waals surface area contributed by atoms with Gasteiger partial charge < -0.3 is 20.1 Å². The Bertz CT molecular complexity index is 1070. The second kappa shape index (κ2) is 6.98. The van der Waals surface area contributed by atoms with Crippen LogP contribution in [0.15, 0.2) is 36.5 Å². The number of hydrogen-bond acceptors (Lipinski definition) is 6. The Morgan fingerprint density at radius 3 is 2.83 bits per heavy atom. The number of anilines is 3. The van der Waals surface area contributed by atoms with E-state index in [4.69, 9.17) is 9.97 Å². The number of rotatable bonds is 3. The summed E-state index contributed by atoms with van der Waals surface area (Å²) in [5, 5.41) is 3.07. The molecule has 3 aliphatic rings. The number of nitrogens with zero attached hydrogens (tertiary/aromatic N) is 5. The summed E-state index contributed by atoms with van der Waals surface area (Å²) in [5.41, 5.74) is 4.09. The highest BCUT2D eigenvalue weighted by Crippen LogP contribution is 2.35. The molecule has 8 heteroatoms. The zero-order chi connectivity index (χ0) is 20.1. The normalized spacial score (nSPS) is 21.6. The van der Waals surface area contributed by atoms with E-state index in [0.29, 0.717) is 0 Å². The standard InChI is InChI=1S/C22H25N7O/c30-21-19-6-3-7-29(19)20-18(24-21)12-15(13-23-20)14-27-8-10-28(11-9-27)22-25-16-4-1-2-5-17(16)26-22/h1-2,4-5,12-13,19H,3,6-11,14H2,(H,24,30)(H,25,26)/t19-/m0/s1. The fraction of sp³-hybridized carbons (Fsp3) is 0.409. The Morgan fingerprint density at radius 2 is 1.97 bits per heavy atom. The number of pyridine rings is 1. The third-order valence-corrected chi connectivity index (χ3v) is 6.46. The van der Waals surface area contributed by atoms with Crippen molar-refractivity contribution in [2.45, 2.75) is 25.4 Å². The molecule has 1 amide bonds. The van der Waals surface area contributed by atoms with Crippen LogP contribution in [0.2, 0.25) is 0 Å². The smallest absolute Gasteiger partial charge is 0.247 e. The zero-order valence-corrected chi connectivity index (χ0v) is 16.8. The first-order valence-corrected chi connectivity index (χ1v) is 10.7. The van der Waals surface area contributed by atoms with Crippen LogP contribution in [-0.2, 0) is 11.3 Å². The molecular weight excluding hydrogens is 378 g/mol. The number of H-pyrrole nitrogens is 1. The number of fused-ring (bicyclic) bond motifs is 4. The molecule has 154 valence electrons. The number of piperazine rings is 1. The molecule has 0 spiro atoms. The van der Waals surface area contributed by atoms with Crippen LogP contribution in [0.1, 0.15) is 18.4 Å². The second-order valence-electron chi connectivity index (χ2n) is 8.40. The highest BCUT2D eigenvalue weighted by Gasteiger charge is 2.37. The summed E-state index contributed by atoms with van der Waals surface area (Å²) in [6, 6.07) is 10.2. The van der Waals surface area contributed by atoms with Crippen molar-refractivity contribution in [2.75, 3.05) is 47.8 Å². The van der Waals surface area contributed by atoms with Crippen LogP contribution in [0.4, 0.5) is 17.5 Å². The summed E-state index contributed by atoms with van der Waals surface area (Å²) < 4.78 is 0. The molecule has 1 aromatic carbocycles. The van der Waals surface area contributed by atoms with Crippen LogP contribution in [-0.4, -0.2) is 64.5 Å². The topological polar surface area (TPSA) is 80.4 Å². The quantitative estimate of drug-likeness (QED) is 0.698. The van der Waals surface area contributed by atoms with Gasteiger partial charge in [0, 0.05) is 45.5 Å². The molecule has 0 bridgehead atoms. The average molecular weight is 403 g/mol. The molecule has 5 heterocycles. The highest BCUT2D eigenvalue weighted by molar-refractivity contribution is 6.03. The Hall–Kier alpha value is -3.13. The maximum Gasteiger partial charge on any atom is 0.247 e. The van der Waals surface area contributed by atoms with Gasteiger partial charge in [0.25, 0.3) is 0 Å². The molecular formula is C22H25N7O. The van der Waals surface area contributed by atoms with E-state index in [1.807, 2.05) is 24.4 Å². The largest absolute Gasteiger partial charge is 0.343 e. The number of hydrogen-bond donors (Lipinski definition) is 2. The lowest BCUT2D eigenvalue weighted by Crippen LogP contribution is -2.46. The van der Waals surface area contributed by atoms with Crippen molar-refractivity contribution < 1.29 is 4.79 Å². The number of nitrogens with one attached hydrogen (secondary N) is 2. The van der Waals surface area contributed by atoms with Crippen molar-refractivity contribution in [3.63, 3.8) is 0 Å². The fourth-order valence-electron chi connectivity index (χ4n) is 4.88. The molecule has 2 N–H and O–H groups in total. The molecule has 0 radical (unpaired) electrons. The number of aromatic nitrogens is 3. The first-order chi connectivity index (χ1) is 14.7. The van der Waals surface area contributed by atoms with E-state index in [2.05, 4.69) is 37.1 Å². The molecule has 0 saturated carbocycles. The lowest BCUT2D eigenvalue weighted by Gasteiger charge is -2.35. The summed E-state index contributed by atoms with van der Waals surface area (Å²) in [5.74, 6) is 1.99. The van der Waals surface area contributed by atoms with E-state index in [9.17, 15) is 4.79 Å². The molecule has 2 saturated heterocycles. The van der Waals surface area contributed by atoms with Gasteiger partial charge in [-0.25, -0.2) is 9.97 Å². The van der Waals surface area contributed by atoms with Crippen LogP contribution in [0.3, 0.4) is 0 Å². The van der Waals surface area contributed by atoms with Gasteiger partial charge in [-0.15, -0.1) is 0 Å². The van der Waals surface area contributed by atoms with Crippen molar-refractivity contribution in [2.24, 2.45) is 0 Å². The number of carbonyl (C=O) groups is 1. The van der Waals surface area contributed by atoms with Gasteiger partial charge >= 0.3 is 0 Å². The predicted molar refractivity (Wildman–Crippen MR) is 117 cm³/mol. The predicted octanol–water partition coefficient (Wildman–Crippen LogP) is 2.20. The van der Waals surface area contributed by atoms with Crippen LogP contribution in [0.25, 0.3) is 11.0 Å². The van der Waals surface area contributed by atoms with Crippen molar-refractivity contribution in [3.8, 4) is 0 Å². The van der Waals surface area contributed by atoms with Crippen molar-refractivity contribution in [3.05, 3.63) is 42.1 Å². The molecule has 3 aliphatic heterocycles. The Morgan fingerprint density at radius 1 is 1.10 bits per heavy atom.